The van der Waals surface area contributed by atoms with Crippen molar-refractivity contribution in [3.05, 3.63) is 33.8 Å². The quantitative estimate of drug-likeness (QED) is 0.806. The summed E-state index contributed by atoms with van der Waals surface area (Å²) in [5.74, 6) is 0.737. The summed E-state index contributed by atoms with van der Waals surface area (Å²) >= 11 is 3.48. The molecule has 0 bridgehead atoms. The summed E-state index contributed by atoms with van der Waals surface area (Å²) in [6, 6.07) is 5.98. The molecule has 19 heavy (non-hydrogen) atoms. The highest BCUT2D eigenvalue weighted by Gasteiger charge is 2.13. The Bertz CT molecular complexity index is 429. The smallest absolute Gasteiger partial charge is 0.252 e. The van der Waals surface area contributed by atoms with Gasteiger partial charge >= 0.3 is 0 Å². The third-order valence-electron chi connectivity index (χ3n) is 3.23. The fraction of sp³-hybridized carbons (Fsp3) is 0.562. The standard InChI is InChI=1S/C16H24BrNO/c1-11(2)7-5-9-13(4)18-16(19)14-10-6-8-12(3)15(14)17/h6,8,10-11,13H,5,7,9H2,1-4H3,(H,18,19). The van der Waals surface area contributed by atoms with E-state index in [-0.39, 0.29) is 11.9 Å². The van der Waals surface area contributed by atoms with Crippen molar-refractivity contribution >= 4 is 21.8 Å². The Balaban J connectivity index is 2.52. The highest BCUT2D eigenvalue weighted by atomic mass is 79.9. The molecule has 1 atom stereocenters. The number of amides is 1. The maximum Gasteiger partial charge on any atom is 0.252 e. The van der Waals surface area contributed by atoms with E-state index in [4.69, 9.17) is 0 Å². The van der Waals surface area contributed by atoms with Crippen LogP contribution in [0.2, 0.25) is 0 Å². The van der Waals surface area contributed by atoms with Crippen LogP contribution in [0.3, 0.4) is 0 Å². The van der Waals surface area contributed by atoms with Crippen LogP contribution in [0, 0.1) is 12.8 Å². The molecule has 0 heterocycles. The lowest BCUT2D eigenvalue weighted by atomic mass is 10.0. The molecule has 1 amide bonds. The molecule has 0 aliphatic carbocycles. The van der Waals surface area contributed by atoms with E-state index in [1.807, 2.05) is 25.1 Å². The number of hydrogen-bond acceptors (Lipinski definition) is 1. The Morgan fingerprint density at radius 1 is 1.26 bits per heavy atom. The van der Waals surface area contributed by atoms with Crippen molar-refractivity contribution in [1.82, 2.24) is 5.32 Å². The molecule has 0 fully saturated rings. The van der Waals surface area contributed by atoms with Crippen molar-refractivity contribution < 1.29 is 4.79 Å². The second-order valence-corrected chi connectivity index (χ2v) is 6.43. The van der Waals surface area contributed by atoms with Gasteiger partial charge in [-0.15, -0.1) is 0 Å². The van der Waals surface area contributed by atoms with Crippen molar-refractivity contribution in [2.45, 2.75) is 53.0 Å². The molecule has 1 aromatic carbocycles. The first-order valence-electron chi connectivity index (χ1n) is 6.97. The van der Waals surface area contributed by atoms with Gasteiger partial charge in [-0.25, -0.2) is 0 Å². The fourth-order valence-corrected chi connectivity index (χ4v) is 2.47. The number of benzene rings is 1. The topological polar surface area (TPSA) is 29.1 Å². The predicted molar refractivity (Wildman–Crippen MR) is 84.5 cm³/mol. The molecule has 0 aliphatic heterocycles. The molecule has 0 aromatic heterocycles. The molecule has 1 unspecified atom stereocenters. The molecular weight excluding hydrogens is 302 g/mol. The number of carbonyl (C=O) groups is 1. The van der Waals surface area contributed by atoms with E-state index in [0.717, 1.165) is 34.4 Å². The van der Waals surface area contributed by atoms with Crippen LogP contribution < -0.4 is 5.32 Å². The minimum absolute atomic E-state index is 0.00706. The second-order valence-electron chi connectivity index (χ2n) is 5.64. The van der Waals surface area contributed by atoms with Crippen molar-refractivity contribution in [2.24, 2.45) is 5.92 Å². The number of aryl methyl sites for hydroxylation is 1. The monoisotopic (exact) mass is 325 g/mol. The highest BCUT2D eigenvalue weighted by molar-refractivity contribution is 9.10. The lowest BCUT2D eigenvalue weighted by molar-refractivity contribution is 0.0937. The second kappa shape index (κ2) is 7.68. The van der Waals surface area contributed by atoms with E-state index in [0.29, 0.717) is 0 Å². The molecule has 0 radical (unpaired) electrons. The summed E-state index contributed by atoms with van der Waals surface area (Å²) < 4.78 is 0.891. The van der Waals surface area contributed by atoms with E-state index >= 15 is 0 Å². The van der Waals surface area contributed by atoms with Gasteiger partial charge in [-0.05, 0) is 53.7 Å². The van der Waals surface area contributed by atoms with Crippen LogP contribution in [-0.2, 0) is 0 Å². The maximum atomic E-state index is 12.2. The van der Waals surface area contributed by atoms with Gasteiger partial charge in [-0.3, -0.25) is 4.79 Å². The van der Waals surface area contributed by atoms with E-state index in [9.17, 15) is 4.79 Å². The fourth-order valence-electron chi connectivity index (χ4n) is 2.03. The van der Waals surface area contributed by atoms with E-state index in [1.54, 1.807) is 0 Å². The molecule has 0 saturated heterocycles. The van der Waals surface area contributed by atoms with Gasteiger partial charge in [0.15, 0.2) is 0 Å². The Labute approximate surface area is 125 Å². The Morgan fingerprint density at radius 2 is 1.95 bits per heavy atom. The van der Waals surface area contributed by atoms with Crippen LogP contribution in [0.4, 0.5) is 0 Å². The minimum atomic E-state index is 0.00706. The van der Waals surface area contributed by atoms with Crippen molar-refractivity contribution in [3.63, 3.8) is 0 Å². The third kappa shape index (κ3) is 5.35. The van der Waals surface area contributed by atoms with E-state index in [1.165, 1.54) is 6.42 Å². The minimum Gasteiger partial charge on any atom is -0.350 e. The largest absolute Gasteiger partial charge is 0.350 e. The molecule has 1 rings (SSSR count). The van der Waals surface area contributed by atoms with Gasteiger partial charge in [-0.1, -0.05) is 38.8 Å². The van der Waals surface area contributed by atoms with Crippen molar-refractivity contribution in [2.75, 3.05) is 0 Å². The number of hydrogen-bond donors (Lipinski definition) is 1. The van der Waals surface area contributed by atoms with Gasteiger partial charge < -0.3 is 5.32 Å². The number of nitrogens with one attached hydrogen (secondary N) is 1. The van der Waals surface area contributed by atoms with Crippen LogP contribution in [-0.4, -0.2) is 11.9 Å². The van der Waals surface area contributed by atoms with Crippen molar-refractivity contribution in [3.8, 4) is 0 Å². The maximum absolute atomic E-state index is 12.2. The average molecular weight is 326 g/mol. The number of carbonyl (C=O) groups excluding carboxylic acids is 1. The van der Waals surface area contributed by atoms with Gasteiger partial charge in [0.25, 0.3) is 5.91 Å². The summed E-state index contributed by atoms with van der Waals surface area (Å²) in [6.45, 7) is 8.52. The predicted octanol–water partition coefficient (Wildman–Crippen LogP) is 4.70. The van der Waals surface area contributed by atoms with Crippen molar-refractivity contribution in [1.29, 1.82) is 0 Å². The lowest BCUT2D eigenvalue weighted by Gasteiger charge is -2.15. The molecule has 1 aromatic rings. The van der Waals surface area contributed by atoms with Gasteiger partial charge in [0, 0.05) is 10.5 Å². The summed E-state index contributed by atoms with van der Waals surface area (Å²) in [7, 11) is 0. The Hall–Kier alpha value is -0.830. The van der Waals surface area contributed by atoms with Crippen LogP contribution in [0.1, 0.15) is 56.0 Å². The van der Waals surface area contributed by atoms with Crippen LogP contribution in [0.5, 0.6) is 0 Å². The van der Waals surface area contributed by atoms with E-state index < -0.39 is 0 Å². The molecular formula is C16H24BrNO. The van der Waals surface area contributed by atoms with E-state index in [2.05, 4.69) is 42.0 Å². The van der Waals surface area contributed by atoms with Crippen LogP contribution >= 0.6 is 15.9 Å². The Morgan fingerprint density at radius 3 is 2.58 bits per heavy atom. The molecule has 106 valence electrons. The normalized spacial score (nSPS) is 12.5. The molecule has 0 saturated carbocycles. The summed E-state index contributed by atoms with van der Waals surface area (Å²) in [6.07, 6.45) is 3.41. The van der Waals surface area contributed by atoms with Crippen LogP contribution in [0.15, 0.2) is 22.7 Å². The molecule has 1 N–H and O–H groups in total. The number of halogens is 1. The average Bonchev–Trinajstić information content (AvgIpc) is 2.31. The summed E-state index contributed by atoms with van der Waals surface area (Å²) in [5.41, 5.74) is 1.80. The molecule has 0 spiro atoms. The van der Waals surface area contributed by atoms with Gasteiger partial charge in [0.1, 0.15) is 0 Å². The number of rotatable bonds is 6. The highest BCUT2D eigenvalue weighted by Crippen LogP contribution is 2.21. The lowest BCUT2D eigenvalue weighted by Crippen LogP contribution is -2.32. The zero-order valence-electron chi connectivity index (χ0n) is 12.3. The molecule has 3 heteroatoms. The zero-order chi connectivity index (χ0) is 14.4. The third-order valence-corrected chi connectivity index (χ3v) is 4.29. The first-order chi connectivity index (χ1) is 8.91. The van der Waals surface area contributed by atoms with Gasteiger partial charge in [-0.2, -0.15) is 0 Å². The SMILES string of the molecule is Cc1cccc(C(=O)NC(C)CCCC(C)C)c1Br. The molecule has 0 aliphatic rings. The van der Waals surface area contributed by atoms with Gasteiger partial charge in [0.05, 0.1) is 5.56 Å². The Kier molecular flexibility index (Phi) is 6.56. The first-order valence-corrected chi connectivity index (χ1v) is 7.77. The summed E-state index contributed by atoms with van der Waals surface area (Å²) in [5, 5.41) is 3.07. The zero-order valence-corrected chi connectivity index (χ0v) is 13.9. The van der Waals surface area contributed by atoms with Crippen LogP contribution in [0.25, 0.3) is 0 Å². The first kappa shape index (κ1) is 16.2. The summed E-state index contributed by atoms with van der Waals surface area (Å²) in [4.78, 5) is 12.2. The van der Waals surface area contributed by atoms with Gasteiger partial charge in [0.2, 0.25) is 0 Å². The molecule has 2 nitrogen and oxygen atoms in total.